The number of rotatable bonds is 1. The van der Waals surface area contributed by atoms with E-state index in [1.165, 1.54) is 0 Å². The van der Waals surface area contributed by atoms with Crippen molar-refractivity contribution in [2.45, 2.75) is 37.5 Å². The highest BCUT2D eigenvalue weighted by atomic mass is 16.5. The van der Waals surface area contributed by atoms with E-state index in [4.69, 9.17) is 4.74 Å². The van der Waals surface area contributed by atoms with Gasteiger partial charge in [-0.25, -0.2) is 9.97 Å². The minimum atomic E-state index is -0.807. The van der Waals surface area contributed by atoms with E-state index in [0.29, 0.717) is 26.1 Å². The fourth-order valence-corrected chi connectivity index (χ4v) is 2.78. The van der Waals surface area contributed by atoms with Gasteiger partial charge in [-0.2, -0.15) is 0 Å². The average Bonchev–Trinajstić information content (AvgIpc) is 2.29. The third kappa shape index (κ3) is 2.06. The molecule has 0 aliphatic carbocycles. The molecule has 2 aliphatic rings. The number of aryl methyl sites for hydroxylation is 1. The fourth-order valence-electron chi connectivity index (χ4n) is 2.78. The molecular weight excluding hydrogens is 218 g/mol. The van der Waals surface area contributed by atoms with Gasteiger partial charge in [0.05, 0.1) is 18.8 Å². The molecule has 5 nitrogen and oxygen atoms in total. The van der Waals surface area contributed by atoms with Crippen molar-refractivity contribution in [3.63, 3.8) is 0 Å². The monoisotopic (exact) mass is 235 g/mol. The summed E-state index contributed by atoms with van der Waals surface area (Å²) >= 11 is 0. The maximum atomic E-state index is 10.8. The molecule has 0 amide bonds. The molecule has 1 aromatic rings. The third-order valence-corrected chi connectivity index (χ3v) is 3.60. The van der Waals surface area contributed by atoms with E-state index in [9.17, 15) is 5.11 Å². The fraction of sp³-hybridized carbons (Fsp3) is 0.667. The Kier molecular flexibility index (Phi) is 2.61. The summed E-state index contributed by atoms with van der Waals surface area (Å²) in [6, 6.07) is 0.461. The number of nitrogens with zero attached hydrogens (tertiary/aromatic N) is 2. The van der Waals surface area contributed by atoms with E-state index in [-0.39, 0.29) is 12.1 Å². The molecule has 5 heteroatoms. The third-order valence-electron chi connectivity index (χ3n) is 3.60. The van der Waals surface area contributed by atoms with Crippen LogP contribution in [-0.4, -0.2) is 40.4 Å². The Morgan fingerprint density at radius 1 is 1.29 bits per heavy atom. The summed E-state index contributed by atoms with van der Waals surface area (Å²) in [5.74, 6) is 0.731. The first-order valence-electron chi connectivity index (χ1n) is 6.01. The summed E-state index contributed by atoms with van der Waals surface area (Å²) in [6.07, 6.45) is 4.81. The molecule has 3 rings (SSSR count). The largest absolute Gasteiger partial charge is 0.385 e. The van der Waals surface area contributed by atoms with Crippen LogP contribution in [0.4, 0.5) is 0 Å². The standard InChI is InChI=1S/C12H17N3O2/c1-8-13-4-9(5-14-8)12(16)2-10-6-17-7-11(3-12)15-10/h4-5,10-11,15-16H,2-3,6-7H2,1H3. The first-order chi connectivity index (χ1) is 8.16. The Morgan fingerprint density at radius 2 is 1.88 bits per heavy atom. The number of piperidine rings is 1. The van der Waals surface area contributed by atoms with Gasteiger partial charge in [0.1, 0.15) is 5.82 Å². The molecule has 17 heavy (non-hydrogen) atoms. The van der Waals surface area contributed by atoms with Gasteiger partial charge in [0.2, 0.25) is 0 Å². The lowest BCUT2D eigenvalue weighted by Gasteiger charge is -2.44. The summed E-state index contributed by atoms with van der Waals surface area (Å²) in [6.45, 7) is 3.19. The molecule has 2 atom stereocenters. The van der Waals surface area contributed by atoms with E-state index in [0.717, 1.165) is 11.4 Å². The second kappa shape index (κ2) is 4.01. The van der Waals surface area contributed by atoms with Crippen LogP contribution in [0.5, 0.6) is 0 Å². The molecule has 2 bridgehead atoms. The lowest BCUT2D eigenvalue weighted by atomic mass is 9.79. The normalized spacial score (nSPS) is 36.8. The van der Waals surface area contributed by atoms with Crippen molar-refractivity contribution in [3.8, 4) is 0 Å². The maximum absolute atomic E-state index is 10.8. The molecule has 0 saturated carbocycles. The molecule has 3 heterocycles. The highest BCUT2D eigenvalue weighted by Gasteiger charge is 2.42. The summed E-state index contributed by atoms with van der Waals surface area (Å²) in [5.41, 5.74) is 0.0134. The predicted octanol–water partition coefficient (Wildman–Crippen LogP) is 0.123. The van der Waals surface area contributed by atoms with E-state index in [1.54, 1.807) is 12.4 Å². The Balaban J connectivity index is 1.87. The van der Waals surface area contributed by atoms with Gasteiger partial charge in [-0.1, -0.05) is 0 Å². The lowest BCUT2D eigenvalue weighted by molar-refractivity contribution is -0.0805. The van der Waals surface area contributed by atoms with Crippen molar-refractivity contribution in [1.29, 1.82) is 0 Å². The second-order valence-corrected chi connectivity index (χ2v) is 5.06. The minimum Gasteiger partial charge on any atom is -0.385 e. The van der Waals surface area contributed by atoms with Crippen molar-refractivity contribution < 1.29 is 9.84 Å². The van der Waals surface area contributed by atoms with Gasteiger partial charge >= 0.3 is 0 Å². The number of fused-ring (bicyclic) bond motifs is 2. The van der Waals surface area contributed by atoms with Crippen LogP contribution in [0.25, 0.3) is 0 Å². The quantitative estimate of drug-likeness (QED) is 0.724. The number of hydrogen-bond donors (Lipinski definition) is 2. The Hall–Kier alpha value is -1.04. The van der Waals surface area contributed by atoms with E-state index in [1.807, 2.05) is 6.92 Å². The van der Waals surface area contributed by atoms with Gasteiger partial charge in [0, 0.05) is 30.0 Å². The topological polar surface area (TPSA) is 67.3 Å². The maximum Gasteiger partial charge on any atom is 0.125 e. The van der Waals surface area contributed by atoms with Crippen molar-refractivity contribution in [1.82, 2.24) is 15.3 Å². The molecule has 2 saturated heterocycles. The summed E-state index contributed by atoms with van der Waals surface area (Å²) in [7, 11) is 0. The van der Waals surface area contributed by atoms with Gasteiger partial charge in [0.25, 0.3) is 0 Å². The number of nitrogens with one attached hydrogen (secondary N) is 1. The molecular formula is C12H17N3O2. The van der Waals surface area contributed by atoms with Crippen molar-refractivity contribution in [2.75, 3.05) is 13.2 Å². The molecule has 0 radical (unpaired) electrons. The van der Waals surface area contributed by atoms with Gasteiger partial charge in [-0.15, -0.1) is 0 Å². The molecule has 1 aromatic heterocycles. The zero-order valence-electron chi connectivity index (χ0n) is 9.89. The van der Waals surface area contributed by atoms with Crippen LogP contribution in [0.15, 0.2) is 12.4 Å². The van der Waals surface area contributed by atoms with Crippen LogP contribution in [0, 0.1) is 6.92 Å². The highest BCUT2D eigenvalue weighted by molar-refractivity contribution is 5.18. The number of ether oxygens (including phenoxy) is 1. The van der Waals surface area contributed by atoms with E-state index < -0.39 is 5.60 Å². The number of morpholine rings is 1. The number of aliphatic hydroxyl groups is 1. The summed E-state index contributed by atoms with van der Waals surface area (Å²) in [4.78, 5) is 8.34. The molecule has 2 N–H and O–H groups in total. The second-order valence-electron chi connectivity index (χ2n) is 5.06. The summed E-state index contributed by atoms with van der Waals surface area (Å²) in [5, 5.41) is 14.2. The Labute approximate surface area is 100 Å². The Morgan fingerprint density at radius 3 is 2.47 bits per heavy atom. The molecule has 2 unspecified atom stereocenters. The lowest BCUT2D eigenvalue weighted by Crippen LogP contribution is -2.58. The van der Waals surface area contributed by atoms with Crippen LogP contribution in [0.3, 0.4) is 0 Å². The smallest absolute Gasteiger partial charge is 0.125 e. The van der Waals surface area contributed by atoms with Crippen LogP contribution < -0.4 is 5.32 Å². The van der Waals surface area contributed by atoms with Gasteiger partial charge in [-0.3, -0.25) is 0 Å². The van der Waals surface area contributed by atoms with E-state index in [2.05, 4.69) is 15.3 Å². The minimum absolute atomic E-state index is 0.230. The van der Waals surface area contributed by atoms with E-state index >= 15 is 0 Å². The molecule has 2 aliphatic heterocycles. The molecule has 0 spiro atoms. The van der Waals surface area contributed by atoms with Gasteiger partial charge in [-0.05, 0) is 19.8 Å². The Bertz CT molecular complexity index is 395. The van der Waals surface area contributed by atoms with Crippen molar-refractivity contribution in [3.05, 3.63) is 23.8 Å². The van der Waals surface area contributed by atoms with Gasteiger partial charge < -0.3 is 15.2 Å². The zero-order valence-corrected chi connectivity index (χ0v) is 9.89. The van der Waals surface area contributed by atoms with Gasteiger partial charge in [0.15, 0.2) is 0 Å². The molecule has 0 aromatic carbocycles. The molecule has 92 valence electrons. The highest BCUT2D eigenvalue weighted by Crippen LogP contribution is 2.35. The average molecular weight is 235 g/mol. The summed E-state index contributed by atoms with van der Waals surface area (Å²) < 4.78 is 5.48. The van der Waals surface area contributed by atoms with Crippen LogP contribution in [-0.2, 0) is 10.3 Å². The zero-order chi connectivity index (χ0) is 11.9. The predicted molar refractivity (Wildman–Crippen MR) is 61.4 cm³/mol. The van der Waals surface area contributed by atoms with Crippen LogP contribution in [0.1, 0.15) is 24.2 Å². The SMILES string of the molecule is Cc1ncc(C2(O)CC3COCC(C2)N3)cn1. The number of aromatic nitrogens is 2. The molecule has 2 fully saturated rings. The number of hydrogen-bond acceptors (Lipinski definition) is 5. The first kappa shape index (κ1) is 11.1. The van der Waals surface area contributed by atoms with Crippen molar-refractivity contribution >= 4 is 0 Å². The van der Waals surface area contributed by atoms with Crippen LogP contribution in [0.2, 0.25) is 0 Å². The van der Waals surface area contributed by atoms with Crippen LogP contribution >= 0.6 is 0 Å². The van der Waals surface area contributed by atoms with Crippen molar-refractivity contribution in [2.24, 2.45) is 0 Å². The first-order valence-corrected chi connectivity index (χ1v) is 6.01.